The minimum Gasteiger partial charge on any atom is -0.480 e. The van der Waals surface area contributed by atoms with Gasteiger partial charge in [-0.2, -0.15) is 0 Å². The lowest BCUT2D eigenvalue weighted by atomic mass is 10.2. The fraction of sp³-hybridized carbons (Fsp3) is 0.182. The van der Waals surface area contributed by atoms with E-state index in [1.807, 2.05) is 0 Å². The molecule has 0 fully saturated rings. The number of amides is 1. The van der Waals surface area contributed by atoms with E-state index in [0.29, 0.717) is 9.50 Å². The second-order valence-corrected chi connectivity index (χ2v) is 4.84. The van der Waals surface area contributed by atoms with Gasteiger partial charge < -0.3 is 15.1 Å². The van der Waals surface area contributed by atoms with Crippen LogP contribution in [0.5, 0.6) is 0 Å². The molecule has 0 bridgehead atoms. The molecule has 0 saturated carbocycles. The lowest BCUT2D eigenvalue weighted by Gasteiger charge is -2.18. The van der Waals surface area contributed by atoms with Gasteiger partial charge in [0.1, 0.15) is 13.1 Å². The first kappa shape index (κ1) is 15.5. The van der Waals surface area contributed by atoms with E-state index in [1.54, 1.807) is 0 Å². The summed E-state index contributed by atoms with van der Waals surface area (Å²) in [5.41, 5.74) is 0.152. The summed E-state index contributed by atoms with van der Waals surface area (Å²) in [6, 6.07) is 4.26. The molecule has 0 atom stereocenters. The van der Waals surface area contributed by atoms with Crippen LogP contribution in [0.25, 0.3) is 0 Å². The fourth-order valence-electron chi connectivity index (χ4n) is 1.34. The molecule has 0 aliphatic rings. The smallest absolute Gasteiger partial charge is 0.323 e. The second-order valence-electron chi connectivity index (χ2n) is 3.58. The van der Waals surface area contributed by atoms with Crippen LogP contribution in [0.2, 0.25) is 5.02 Å². The molecule has 1 aromatic carbocycles. The number of rotatable bonds is 5. The topological polar surface area (TPSA) is 94.9 Å². The average Bonchev–Trinajstić information content (AvgIpc) is 2.29. The Morgan fingerprint density at radius 2 is 1.68 bits per heavy atom. The summed E-state index contributed by atoms with van der Waals surface area (Å²) in [5, 5.41) is 17.7. The van der Waals surface area contributed by atoms with Crippen molar-refractivity contribution >= 4 is 45.4 Å². The first-order valence-electron chi connectivity index (χ1n) is 4.99. The van der Waals surface area contributed by atoms with Crippen molar-refractivity contribution in [2.24, 2.45) is 0 Å². The molecule has 19 heavy (non-hydrogen) atoms. The molecule has 1 rings (SSSR count). The molecule has 0 aliphatic heterocycles. The van der Waals surface area contributed by atoms with Gasteiger partial charge in [-0.05, 0) is 34.1 Å². The van der Waals surface area contributed by atoms with Crippen LogP contribution in [0, 0.1) is 0 Å². The number of carbonyl (C=O) groups excluding carboxylic acids is 1. The number of halogens is 2. The Morgan fingerprint density at radius 3 is 2.11 bits per heavy atom. The zero-order valence-corrected chi connectivity index (χ0v) is 11.8. The Morgan fingerprint density at radius 1 is 1.16 bits per heavy atom. The van der Waals surface area contributed by atoms with Crippen LogP contribution < -0.4 is 0 Å². The first-order chi connectivity index (χ1) is 8.81. The lowest BCUT2D eigenvalue weighted by molar-refractivity contribution is -0.140. The van der Waals surface area contributed by atoms with Crippen molar-refractivity contribution in [3.63, 3.8) is 0 Å². The third kappa shape index (κ3) is 4.53. The van der Waals surface area contributed by atoms with Gasteiger partial charge in [0.2, 0.25) is 0 Å². The van der Waals surface area contributed by atoms with E-state index in [1.165, 1.54) is 18.2 Å². The molecule has 1 amide bonds. The van der Waals surface area contributed by atoms with Crippen LogP contribution >= 0.6 is 27.5 Å². The maximum Gasteiger partial charge on any atom is 0.323 e. The van der Waals surface area contributed by atoms with Crippen molar-refractivity contribution in [1.82, 2.24) is 4.90 Å². The Labute approximate surface area is 121 Å². The van der Waals surface area contributed by atoms with Crippen molar-refractivity contribution in [2.75, 3.05) is 13.1 Å². The van der Waals surface area contributed by atoms with Crippen LogP contribution in [0.3, 0.4) is 0 Å². The largest absolute Gasteiger partial charge is 0.480 e. The van der Waals surface area contributed by atoms with Gasteiger partial charge in [0, 0.05) is 10.0 Å². The summed E-state index contributed by atoms with van der Waals surface area (Å²) in [7, 11) is 0. The first-order valence-corrected chi connectivity index (χ1v) is 6.16. The SMILES string of the molecule is O=C(O)CN(CC(=O)O)C(=O)c1ccc(Cl)c(Br)c1. The summed E-state index contributed by atoms with van der Waals surface area (Å²) in [5.74, 6) is -3.27. The third-order valence-electron chi connectivity index (χ3n) is 2.11. The molecule has 0 unspecified atom stereocenters. The van der Waals surface area contributed by atoms with E-state index < -0.39 is 30.9 Å². The van der Waals surface area contributed by atoms with Crippen LogP contribution in [-0.4, -0.2) is 46.0 Å². The van der Waals surface area contributed by atoms with Gasteiger partial charge in [0.15, 0.2) is 0 Å². The van der Waals surface area contributed by atoms with Gasteiger partial charge in [0.25, 0.3) is 5.91 Å². The van der Waals surface area contributed by atoms with E-state index in [-0.39, 0.29) is 5.56 Å². The highest BCUT2D eigenvalue weighted by Crippen LogP contribution is 2.23. The van der Waals surface area contributed by atoms with Crippen LogP contribution in [0.1, 0.15) is 10.4 Å². The summed E-state index contributed by atoms with van der Waals surface area (Å²) < 4.78 is 0.464. The Balaban J connectivity index is 3.00. The molecule has 0 aromatic heterocycles. The van der Waals surface area contributed by atoms with Gasteiger partial charge in [-0.25, -0.2) is 0 Å². The molecule has 0 aliphatic carbocycles. The van der Waals surface area contributed by atoms with Crippen LogP contribution in [0.4, 0.5) is 0 Å². The van der Waals surface area contributed by atoms with Crippen molar-refractivity contribution < 1.29 is 24.6 Å². The van der Waals surface area contributed by atoms with Gasteiger partial charge >= 0.3 is 11.9 Å². The molecule has 0 spiro atoms. The standard InChI is InChI=1S/C11H9BrClNO5/c12-7-3-6(1-2-8(7)13)11(19)14(4-9(15)16)5-10(17)18/h1-3H,4-5H2,(H,15,16)(H,17,18). The predicted octanol–water partition coefficient (Wildman–Crippen LogP) is 1.71. The van der Waals surface area contributed by atoms with E-state index in [0.717, 1.165) is 4.90 Å². The zero-order chi connectivity index (χ0) is 14.6. The number of carboxylic acids is 2. The number of carboxylic acid groups (broad SMARTS) is 2. The molecule has 0 radical (unpaired) electrons. The van der Waals surface area contributed by atoms with Crippen molar-refractivity contribution in [1.29, 1.82) is 0 Å². The molecule has 1 aromatic rings. The van der Waals surface area contributed by atoms with E-state index in [2.05, 4.69) is 15.9 Å². The average molecular weight is 351 g/mol. The minimum atomic E-state index is -1.29. The minimum absolute atomic E-state index is 0.152. The van der Waals surface area contributed by atoms with E-state index >= 15 is 0 Å². The molecule has 0 heterocycles. The molecule has 102 valence electrons. The van der Waals surface area contributed by atoms with Crippen LogP contribution in [-0.2, 0) is 9.59 Å². The van der Waals surface area contributed by atoms with Gasteiger partial charge in [-0.3, -0.25) is 14.4 Å². The fourth-order valence-corrected chi connectivity index (χ4v) is 1.83. The summed E-state index contributed by atoms with van der Waals surface area (Å²) >= 11 is 8.90. The number of nitrogens with zero attached hydrogens (tertiary/aromatic N) is 1. The number of aliphatic carboxylic acids is 2. The summed E-state index contributed by atoms with van der Waals surface area (Å²) in [4.78, 5) is 34.0. The van der Waals surface area contributed by atoms with Crippen molar-refractivity contribution in [2.45, 2.75) is 0 Å². The monoisotopic (exact) mass is 349 g/mol. The Hall–Kier alpha value is -1.60. The maximum absolute atomic E-state index is 12.0. The van der Waals surface area contributed by atoms with Gasteiger partial charge in [0.05, 0.1) is 5.02 Å². The quantitative estimate of drug-likeness (QED) is 0.843. The number of carbonyl (C=O) groups is 3. The number of benzene rings is 1. The molecular formula is C11H9BrClNO5. The highest BCUT2D eigenvalue weighted by atomic mass is 79.9. The molecule has 8 heteroatoms. The number of hydrogen-bond acceptors (Lipinski definition) is 3. The highest BCUT2D eigenvalue weighted by molar-refractivity contribution is 9.10. The second kappa shape index (κ2) is 6.53. The Kier molecular flexibility index (Phi) is 5.31. The molecule has 0 saturated heterocycles. The summed E-state index contributed by atoms with van der Waals surface area (Å²) in [6.45, 7) is -1.38. The van der Waals surface area contributed by atoms with E-state index in [9.17, 15) is 14.4 Å². The highest BCUT2D eigenvalue weighted by Gasteiger charge is 2.21. The molecule has 6 nitrogen and oxygen atoms in total. The predicted molar refractivity (Wildman–Crippen MR) is 70.3 cm³/mol. The van der Waals surface area contributed by atoms with Gasteiger partial charge in [-0.1, -0.05) is 11.6 Å². The third-order valence-corrected chi connectivity index (χ3v) is 3.32. The van der Waals surface area contributed by atoms with E-state index in [4.69, 9.17) is 21.8 Å². The maximum atomic E-state index is 12.0. The van der Waals surface area contributed by atoms with Crippen molar-refractivity contribution in [3.8, 4) is 0 Å². The molecular weight excluding hydrogens is 341 g/mol. The zero-order valence-electron chi connectivity index (χ0n) is 9.47. The number of hydrogen-bond donors (Lipinski definition) is 2. The van der Waals surface area contributed by atoms with Crippen LogP contribution in [0.15, 0.2) is 22.7 Å². The Bertz CT molecular complexity index is 518. The normalized spacial score (nSPS) is 10.0. The molecule has 2 N–H and O–H groups in total. The van der Waals surface area contributed by atoms with Gasteiger partial charge in [-0.15, -0.1) is 0 Å². The summed E-state index contributed by atoms with van der Waals surface area (Å²) in [6.07, 6.45) is 0. The lowest BCUT2D eigenvalue weighted by Crippen LogP contribution is -2.39. The van der Waals surface area contributed by atoms with Crippen molar-refractivity contribution in [3.05, 3.63) is 33.3 Å².